The number of nitrogens with one attached hydrogen (secondary N) is 1. The van der Waals surface area contributed by atoms with Crippen molar-refractivity contribution in [2.24, 2.45) is 0 Å². The Kier molecular flexibility index (Phi) is 2.00. The lowest BCUT2D eigenvalue weighted by molar-refractivity contribution is 1.33. The van der Waals surface area contributed by atoms with Crippen LogP contribution in [0.4, 0.5) is 0 Å². The number of hydrogen-bond acceptors (Lipinski definition) is 1. The fourth-order valence-corrected chi connectivity index (χ4v) is 1.91. The third kappa shape index (κ3) is 1.39. The lowest BCUT2D eigenvalue weighted by Gasteiger charge is -1.93. The average molecular weight is 208 g/mol. The van der Waals surface area contributed by atoms with Crippen LogP contribution in [-0.2, 0) is 0 Å². The van der Waals surface area contributed by atoms with Gasteiger partial charge in [0.15, 0.2) is 0 Å². The Labute approximate surface area is 94.0 Å². The van der Waals surface area contributed by atoms with Gasteiger partial charge in [-0.05, 0) is 18.6 Å². The minimum Gasteiger partial charge on any atom is -0.338 e. The number of H-pyrrole nitrogens is 1. The van der Waals surface area contributed by atoms with Gasteiger partial charge < -0.3 is 4.98 Å². The van der Waals surface area contributed by atoms with E-state index < -0.39 is 0 Å². The van der Waals surface area contributed by atoms with E-state index in [1.807, 2.05) is 24.3 Å². The van der Waals surface area contributed by atoms with E-state index in [-0.39, 0.29) is 0 Å². The van der Waals surface area contributed by atoms with Crippen molar-refractivity contribution in [1.82, 2.24) is 9.97 Å². The molecular weight excluding hydrogens is 196 g/mol. The zero-order chi connectivity index (χ0) is 11.0. The van der Waals surface area contributed by atoms with Crippen LogP contribution in [0, 0.1) is 6.92 Å². The number of aromatic amines is 1. The van der Waals surface area contributed by atoms with E-state index in [4.69, 9.17) is 0 Å². The molecule has 2 heteroatoms. The summed E-state index contributed by atoms with van der Waals surface area (Å²) in [6.07, 6.45) is 0. The molecule has 0 radical (unpaired) electrons. The third-order valence-corrected chi connectivity index (χ3v) is 2.76. The molecule has 78 valence electrons. The van der Waals surface area contributed by atoms with Crippen molar-refractivity contribution in [2.75, 3.05) is 0 Å². The Morgan fingerprint density at radius 2 is 1.75 bits per heavy atom. The predicted molar refractivity (Wildman–Crippen MR) is 66.3 cm³/mol. The highest BCUT2D eigenvalue weighted by Gasteiger charge is 2.05. The first-order chi connectivity index (χ1) is 7.84. The number of hydrogen-bond donors (Lipinski definition) is 1. The lowest BCUT2D eigenvalue weighted by Crippen LogP contribution is -1.78. The number of aryl methyl sites for hydroxylation is 1. The summed E-state index contributed by atoms with van der Waals surface area (Å²) >= 11 is 0. The van der Waals surface area contributed by atoms with E-state index in [0.717, 1.165) is 22.4 Å². The fourth-order valence-electron chi connectivity index (χ4n) is 1.91. The molecule has 16 heavy (non-hydrogen) atoms. The molecule has 0 spiro atoms. The molecule has 0 saturated heterocycles. The highest BCUT2D eigenvalue weighted by atomic mass is 14.9. The van der Waals surface area contributed by atoms with Crippen LogP contribution in [0.1, 0.15) is 5.56 Å². The van der Waals surface area contributed by atoms with Crippen molar-refractivity contribution < 1.29 is 0 Å². The van der Waals surface area contributed by atoms with Crippen molar-refractivity contribution in [2.45, 2.75) is 6.92 Å². The topological polar surface area (TPSA) is 28.7 Å². The Hall–Kier alpha value is -2.09. The molecule has 0 saturated carbocycles. The first kappa shape index (κ1) is 9.16. The van der Waals surface area contributed by atoms with Crippen LogP contribution < -0.4 is 0 Å². The summed E-state index contributed by atoms with van der Waals surface area (Å²) < 4.78 is 0. The number of fused-ring (bicyclic) bond motifs is 1. The molecule has 2 aromatic carbocycles. The molecule has 0 aliphatic carbocycles. The first-order valence-electron chi connectivity index (χ1n) is 5.35. The monoisotopic (exact) mass is 208 g/mol. The van der Waals surface area contributed by atoms with Gasteiger partial charge in [0.25, 0.3) is 0 Å². The molecule has 0 unspecified atom stereocenters. The van der Waals surface area contributed by atoms with E-state index in [9.17, 15) is 0 Å². The fraction of sp³-hybridized carbons (Fsp3) is 0.0714. The highest BCUT2D eigenvalue weighted by Crippen LogP contribution is 2.21. The van der Waals surface area contributed by atoms with Gasteiger partial charge in [-0.15, -0.1) is 0 Å². The SMILES string of the molecule is Cc1cccc2[nH]c(-c3ccccc3)nc12. The predicted octanol–water partition coefficient (Wildman–Crippen LogP) is 3.54. The van der Waals surface area contributed by atoms with Crippen molar-refractivity contribution in [3.63, 3.8) is 0 Å². The minimum absolute atomic E-state index is 0.935. The van der Waals surface area contributed by atoms with Crippen LogP contribution >= 0.6 is 0 Å². The number of nitrogens with zero attached hydrogens (tertiary/aromatic N) is 1. The minimum atomic E-state index is 0.935. The third-order valence-electron chi connectivity index (χ3n) is 2.76. The normalized spacial score (nSPS) is 10.8. The second-order valence-corrected chi connectivity index (χ2v) is 3.92. The largest absolute Gasteiger partial charge is 0.338 e. The summed E-state index contributed by atoms with van der Waals surface area (Å²) in [5, 5.41) is 0. The van der Waals surface area contributed by atoms with Gasteiger partial charge in [-0.3, -0.25) is 0 Å². The van der Waals surface area contributed by atoms with Gasteiger partial charge in [0.2, 0.25) is 0 Å². The van der Waals surface area contributed by atoms with Crippen LogP contribution in [0.5, 0.6) is 0 Å². The molecule has 0 atom stereocenters. The van der Waals surface area contributed by atoms with E-state index in [0.29, 0.717) is 0 Å². The van der Waals surface area contributed by atoms with E-state index in [1.165, 1.54) is 5.56 Å². The highest BCUT2D eigenvalue weighted by molar-refractivity contribution is 5.82. The van der Waals surface area contributed by atoms with E-state index >= 15 is 0 Å². The van der Waals surface area contributed by atoms with Gasteiger partial charge in [0.05, 0.1) is 11.0 Å². The Morgan fingerprint density at radius 1 is 0.938 bits per heavy atom. The summed E-state index contributed by atoms with van der Waals surface area (Å²) in [6.45, 7) is 2.08. The zero-order valence-corrected chi connectivity index (χ0v) is 9.07. The number of rotatable bonds is 1. The van der Waals surface area contributed by atoms with Crippen LogP contribution in [0.15, 0.2) is 48.5 Å². The van der Waals surface area contributed by atoms with Gasteiger partial charge >= 0.3 is 0 Å². The lowest BCUT2D eigenvalue weighted by atomic mass is 10.2. The second-order valence-electron chi connectivity index (χ2n) is 3.92. The van der Waals surface area contributed by atoms with Gasteiger partial charge in [-0.25, -0.2) is 4.98 Å². The summed E-state index contributed by atoms with van der Waals surface area (Å²) in [5.41, 5.74) is 4.48. The molecule has 0 fully saturated rings. The average Bonchev–Trinajstić information content (AvgIpc) is 2.76. The molecule has 3 rings (SSSR count). The van der Waals surface area contributed by atoms with Gasteiger partial charge in [0.1, 0.15) is 5.82 Å². The first-order valence-corrected chi connectivity index (χ1v) is 5.35. The van der Waals surface area contributed by atoms with E-state index in [2.05, 4.69) is 41.2 Å². The molecule has 3 aromatic rings. The molecule has 2 nitrogen and oxygen atoms in total. The Morgan fingerprint density at radius 3 is 2.50 bits per heavy atom. The quantitative estimate of drug-likeness (QED) is 0.651. The van der Waals surface area contributed by atoms with Gasteiger partial charge in [0, 0.05) is 5.56 Å². The Bertz CT molecular complexity index is 624. The summed E-state index contributed by atoms with van der Waals surface area (Å²) in [5.74, 6) is 0.935. The summed E-state index contributed by atoms with van der Waals surface area (Å²) in [4.78, 5) is 7.97. The maximum absolute atomic E-state index is 4.63. The van der Waals surface area contributed by atoms with E-state index in [1.54, 1.807) is 0 Å². The van der Waals surface area contributed by atoms with Crippen LogP contribution in [0.2, 0.25) is 0 Å². The Balaban J connectivity index is 2.23. The molecule has 0 aliphatic heterocycles. The standard InChI is InChI=1S/C14H12N2/c1-10-6-5-9-12-13(10)16-14(15-12)11-7-3-2-4-8-11/h2-9H,1H3,(H,15,16). The van der Waals surface area contributed by atoms with Crippen molar-refractivity contribution >= 4 is 11.0 Å². The summed E-state index contributed by atoms with van der Waals surface area (Å²) in [6, 6.07) is 16.4. The molecule has 0 amide bonds. The van der Waals surface area contributed by atoms with Gasteiger partial charge in [-0.2, -0.15) is 0 Å². The van der Waals surface area contributed by atoms with Crippen LogP contribution in [0.25, 0.3) is 22.4 Å². The van der Waals surface area contributed by atoms with Crippen molar-refractivity contribution in [3.8, 4) is 11.4 Å². The molecule has 1 aromatic heterocycles. The smallest absolute Gasteiger partial charge is 0.138 e. The van der Waals surface area contributed by atoms with Crippen molar-refractivity contribution in [1.29, 1.82) is 0 Å². The molecule has 0 bridgehead atoms. The van der Waals surface area contributed by atoms with Crippen LogP contribution in [0.3, 0.4) is 0 Å². The van der Waals surface area contributed by atoms with Gasteiger partial charge in [-0.1, -0.05) is 42.5 Å². The molecule has 1 N–H and O–H groups in total. The van der Waals surface area contributed by atoms with Crippen LogP contribution in [-0.4, -0.2) is 9.97 Å². The number of para-hydroxylation sites is 1. The maximum atomic E-state index is 4.63. The number of benzene rings is 2. The van der Waals surface area contributed by atoms with Crippen molar-refractivity contribution in [3.05, 3.63) is 54.1 Å². The maximum Gasteiger partial charge on any atom is 0.138 e. The molecule has 1 heterocycles. The summed E-state index contributed by atoms with van der Waals surface area (Å²) in [7, 11) is 0. The molecular formula is C14H12N2. The number of aromatic nitrogens is 2. The molecule has 0 aliphatic rings. The zero-order valence-electron chi connectivity index (χ0n) is 9.07. The number of imidazole rings is 1. The second kappa shape index (κ2) is 3.49.